The lowest BCUT2D eigenvalue weighted by Gasteiger charge is -2.43. The van der Waals surface area contributed by atoms with Gasteiger partial charge < -0.3 is 9.64 Å². The molecule has 2 saturated heterocycles. The third-order valence-electron chi connectivity index (χ3n) is 5.79. The van der Waals surface area contributed by atoms with E-state index in [0.29, 0.717) is 12.6 Å². The van der Waals surface area contributed by atoms with E-state index in [1.807, 2.05) is 24.1 Å². The monoisotopic (exact) mass is 414 g/mol. The molecular weight excluding hydrogens is 384 g/mol. The molecular formula is C22H30N4O2S. The van der Waals surface area contributed by atoms with E-state index >= 15 is 0 Å². The Morgan fingerprint density at radius 3 is 2.72 bits per heavy atom. The van der Waals surface area contributed by atoms with Gasteiger partial charge in [0.05, 0.1) is 6.61 Å². The van der Waals surface area contributed by atoms with Gasteiger partial charge in [0, 0.05) is 61.9 Å². The van der Waals surface area contributed by atoms with E-state index in [2.05, 4.69) is 39.0 Å². The first kappa shape index (κ1) is 20.3. The molecule has 1 atom stereocenters. The van der Waals surface area contributed by atoms with Crippen LogP contribution in [0.1, 0.15) is 24.6 Å². The van der Waals surface area contributed by atoms with E-state index in [1.165, 1.54) is 23.3 Å². The molecule has 1 aromatic carbocycles. The SMILES string of the molecule is CCOC(=O)N1CCN(C2CCCN(Cc3cnc(-c4ccccc4)s3)C2)CC1. The smallest absolute Gasteiger partial charge is 0.409 e. The lowest BCUT2D eigenvalue weighted by Crippen LogP contribution is -2.55. The van der Waals surface area contributed by atoms with E-state index in [0.717, 1.165) is 50.8 Å². The molecule has 1 amide bonds. The predicted molar refractivity (Wildman–Crippen MR) is 116 cm³/mol. The van der Waals surface area contributed by atoms with E-state index < -0.39 is 0 Å². The number of benzene rings is 1. The summed E-state index contributed by atoms with van der Waals surface area (Å²) in [5, 5.41) is 1.10. The van der Waals surface area contributed by atoms with Crippen LogP contribution in [0.4, 0.5) is 4.79 Å². The number of ether oxygens (including phenoxy) is 1. The van der Waals surface area contributed by atoms with Gasteiger partial charge in [0.1, 0.15) is 5.01 Å². The molecule has 29 heavy (non-hydrogen) atoms. The number of hydrogen-bond acceptors (Lipinski definition) is 6. The van der Waals surface area contributed by atoms with Crippen molar-refractivity contribution in [1.29, 1.82) is 0 Å². The van der Waals surface area contributed by atoms with Crippen molar-refractivity contribution in [3.63, 3.8) is 0 Å². The van der Waals surface area contributed by atoms with Gasteiger partial charge in [0.25, 0.3) is 0 Å². The highest BCUT2D eigenvalue weighted by molar-refractivity contribution is 7.15. The van der Waals surface area contributed by atoms with Crippen LogP contribution in [-0.2, 0) is 11.3 Å². The van der Waals surface area contributed by atoms with Crippen molar-refractivity contribution in [1.82, 2.24) is 19.7 Å². The van der Waals surface area contributed by atoms with Crippen LogP contribution >= 0.6 is 11.3 Å². The van der Waals surface area contributed by atoms with Crippen molar-refractivity contribution in [2.75, 3.05) is 45.9 Å². The summed E-state index contributed by atoms with van der Waals surface area (Å²) in [5.41, 5.74) is 1.19. The molecule has 0 saturated carbocycles. The number of carbonyl (C=O) groups is 1. The summed E-state index contributed by atoms with van der Waals surface area (Å²) in [7, 11) is 0. The Labute approximate surface area is 177 Å². The van der Waals surface area contributed by atoms with Crippen LogP contribution in [0.3, 0.4) is 0 Å². The number of thiazole rings is 1. The minimum atomic E-state index is -0.170. The highest BCUT2D eigenvalue weighted by Crippen LogP contribution is 2.27. The van der Waals surface area contributed by atoms with Gasteiger partial charge in [-0.25, -0.2) is 9.78 Å². The molecule has 3 heterocycles. The molecule has 0 bridgehead atoms. The number of amides is 1. The van der Waals surface area contributed by atoms with Crippen molar-refractivity contribution in [2.45, 2.75) is 32.4 Å². The lowest BCUT2D eigenvalue weighted by molar-refractivity contribution is 0.0414. The zero-order valence-corrected chi connectivity index (χ0v) is 17.9. The quantitative estimate of drug-likeness (QED) is 0.749. The second-order valence-electron chi connectivity index (χ2n) is 7.75. The maximum absolute atomic E-state index is 11.9. The average Bonchev–Trinajstić information content (AvgIpc) is 3.23. The van der Waals surface area contributed by atoms with Crippen molar-refractivity contribution >= 4 is 17.4 Å². The summed E-state index contributed by atoms with van der Waals surface area (Å²) in [6, 6.07) is 11.0. The van der Waals surface area contributed by atoms with Gasteiger partial charge in [-0.1, -0.05) is 30.3 Å². The number of rotatable bonds is 5. The number of carbonyl (C=O) groups excluding carboxylic acids is 1. The molecule has 1 unspecified atom stereocenters. The van der Waals surface area contributed by atoms with Crippen molar-refractivity contribution in [3.8, 4) is 10.6 Å². The molecule has 1 aromatic heterocycles. The summed E-state index contributed by atoms with van der Waals surface area (Å²) in [6.07, 6.45) is 4.34. The van der Waals surface area contributed by atoms with Gasteiger partial charge in [-0.3, -0.25) is 9.80 Å². The predicted octanol–water partition coefficient (Wildman–Crippen LogP) is 3.55. The summed E-state index contributed by atoms with van der Waals surface area (Å²) in [5.74, 6) is 0. The Balaban J connectivity index is 1.29. The molecule has 0 aliphatic carbocycles. The van der Waals surface area contributed by atoms with Crippen LogP contribution < -0.4 is 0 Å². The Kier molecular flexibility index (Phi) is 6.79. The minimum Gasteiger partial charge on any atom is -0.450 e. The number of likely N-dealkylation sites (tertiary alicyclic amines) is 1. The molecule has 2 aliphatic rings. The van der Waals surface area contributed by atoms with E-state index in [-0.39, 0.29) is 6.09 Å². The highest BCUT2D eigenvalue weighted by Gasteiger charge is 2.30. The number of aromatic nitrogens is 1. The van der Waals surface area contributed by atoms with Gasteiger partial charge in [0.15, 0.2) is 0 Å². The molecule has 2 aromatic rings. The zero-order valence-electron chi connectivity index (χ0n) is 17.1. The topological polar surface area (TPSA) is 48.9 Å². The van der Waals surface area contributed by atoms with Crippen LogP contribution in [0, 0.1) is 0 Å². The first-order valence-electron chi connectivity index (χ1n) is 10.6. The van der Waals surface area contributed by atoms with Crippen LogP contribution in [0.2, 0.25) is 0 Å². The number of nitrogens with zero attached hydrogens (tertiary/aromatic N) is 4. The van der Waals surface area contributed by atoms with Crippen LogP contribution in [0.25, 0.3) is 10.6 Å². The molecule has 0 N–H and O–H groups in total. The van der Waals surface area contributed by atoms with E-state index in [4.69, 9.17) is 4.74 Å². The summed E-state index contributed by atoms with van der Waals surface area (Å²) in [6.45, 7) is 8.94. The molecule has 156 valence electrons. The van der Waals surface area contributed by atoms with Crippen molar-refractivity contribution in [3.05, 3.63) is 41.4 Å². The first-order chi connectivity index (χ1) is 14.2. The standard InChI is InChI=1S/C22H30N4O2S/c1-2-28-22(27)26-13-11-25(12-14-26)19-9-6-10-24(16-19)17-20-15-23-21(29-20)18-7-4-3-5-8-18/h3-5,7-8,15,19H,2,6,9-14,16-17H2,1H3. The minimum absolute atomic E-state index is 0.170. The van der Waals surface area contributed by atoms with Gasteiger partial charge in [-0.15, -0.1) is 11.3 Å². The van der Waals surface area contributed by atoms with Gasteiger partial charge in [0.2, 0.25) is 0 Å². The third-order valence-corrected chi connectivity index (χ3v) is 6.82. The lowest BCUT2D eigenvalue weighted by atomic mass is 10.0. The van der Waals surface area contributed by atoms with Crippen LogP contribution in [0.5, 0.6) is 0 Å². The maximum atomic E-state index is 11.9. The fraction of sp³-hybridized carbons (Fsp3) is 0.545. The summed E-state index contributed by atoms with van der Waals surface area (Å²) < 4.78 is 5.13. The fourth-order valence-corrected chi connectivity index (χ4v) is 5.23. The van der Waals surface area contributed by atoms with Crippen LogP contribution in [-0.4, -0.2) is 77.7 Å². The van der Waals surface area contributed by atoms with Crippen LogP contribution in [0.15, 0.2) is 36.5 Å². The molecule has 2 fully saturated rings. The van der Waals surface area contributed by atoms with Gasteiger partial charge in [-0.2, -0.15) is 0 Å². The Morgan fingerprint density at radius 2 is 1.97 bits per heavy atom. The molecule has 6 nitrogen and oxygen atoms in total. The van der Waals surface area contributed by atoms with Gasteiger partial charge >= 0.3 is 6.09 Å². The van der Waals surface area contributed by atoms with Crippen molar-refractivity contribution in [2.24, 2.45) is 0 Å². The second kappa shape index (κ2) is 9.69. The Hall–Kier alpha value is -1.96. The Bertz CT molecular complexity index is 789. The molecule has 0 radical (unpaired) electrons. The zero-order chi connectivity index (χ0) is 20.1. The van der Waals surface area contributed by atoms with E-state index in [9.17, 15) is 4.79 Å². The second-order valence-corrected chi connectivity index (χ2v) is 8.87. The normalized spacial score (nSPS) is 21.3. The van der Waals surface area contributed by atoms with E-state index in [1.54, 1.807) is 11.3 Å². The third kappa shape index (κ3) is 5.15. The summed E-state index contributed by atoms with van der Waals surface area (Å²) in [4.78, 5) is 24.8. The molecule has 0 spiro atoms. The largest absolute Gasteiger partial charge is 0.450 e. The number of piperazine rings is 1. The fourth-order valence-electron chi connectivity index (χ4n) is 4.27. The van der Waals surface area contributed by atoms with Gasteiger partial charge in [-0.05, 0) is 26.3 Å². The first-order valence-corrected chi connectivity index (χ1v) is 11.4. The Morgan fingerprint density at radius 1 is 1.17 bits per heavy atom. The number of hydrogen-bond donors (Lipinski definition) is 0. The highest BCUT2D eigenvalue weighted by atomic mass is 32.1. The summed E-state index contributed by atoms with van der Waals surface area (Å²) >= 11 is 1.80. The van der Waals surface area contributed by atoms with Crippen molar-refractivity contribution < 1.29 is 9.53 Å². The average molecular weight is 415 g/mol. The molecule has 2 aliphatic heterocycles. The molecule has 4 rings (SSSR count). The maximum Gasteiger partial charge on any atom is 0.409 e. The molecule has 7 heteroatoms. The number of piperidine rings is 1.